The fourth-order valence-corrected chi connectivity index (χ4v) is 2.37. The standard InChI is InChI=1S/C19H22N2O2/c1-15(17-12-8-5-9-13-17)21(3)19(23)18(22)20(2)14-16-10-6-4-7-11-16/h4-13,15H,14H2,1-3H3/t15-/m0/s1. The van der Waals surface area contributed by atoms with E-state index in [1.807, 2.05) is 67.6 Å². The van der Waals surface area contributed by atoms with E-state index in [0.29, 0.717) is 6.54 Å². The average molecular weight is 310 g/mol. The summed E-state index contributed by atoms with van der Waals surface area (Å²) in [6.07, 6.45) is 0. The normalized spacial score (nSPS) is 11.6. The minimum atomic E-state index is -0.501. The second-order valence-electron chi connectivity index (χ2n) is 5.65. The summed E-state index contributed by atoms with van der Waals surface area (Å²) < 4.78 is 0. The lowest BCUT2D eigenvalue weighted by Gasteiger charge is -2.27. The van der Waals surface area contributed by atoms with Gasteiger partial charge in [-0.2, -0.15) is 0 Å². The van der Waals surface area contributed by atoms with Gasteiger partial charge in [-0.3, -0.25) is 9.59 Å². The lowest BCUT2D eigenvalue weighted by molar-refractivity contribution is -0.151. The first kappa shape index (κ1) is 16.7. The van der Waals surface area contributed by atoms with Crippen LogP contribution in [0, 0.1) is 0 Å². The van der Waals surface area contributed by atoms with Crippen molar-refractivity contribution in [2.24, 2.45) is 0 Å². The molecule has 0 saturated carbocycles. The summed E-state index contributed by atoms with van der Waals surface area (Å²) in [7, 11) is 3.31. The number of rotatable bonds is 4. The molecule has 1 atom stereocenters. The Morgan fingerprint density at radius 2 is 1.39 bits per heavy atom. The molecule has 0 aliphatic rings. The maximum Gasteiger partial charge on any atom is 0.312 e. The largest absolute Gasteiger partial charge is 0.333 e. The van der Waals surface area contributed by atoms with Crippen LogP contribution in [0.25, 0.3) is 0 Å². The topological polar surface area (TPSA) is 40.6 Å². The van der Waals surface area contributed by atoms with Crippen molar-refractivity contribution >= 4 is 11.8 Å². The summed E-state index contributed by atoms with van der Waals surface area (Å²) in [6.45, 7) is 2.33. The SMILES string of the molecule is C[C@@H](c1ccccc1)N(C)C(=O)C(=O)N(C)Cc1ccccc1. The molecule has 0 unspecified atom stereocenters. The Bertz CT molecular complexity index is 656. The second-order valence-corrected chi connectivity index (χ2v) is 5.65. The molecule has 2 rings (SSSR count). The molecular formula is C19H22N2O2. The average Bonchev–Trinajstić information content (AvgIpc) is 2.60. The van der Waals surface area contributed by atoms with Gasteiger partial charge in [-0.05, 0) is 18.1 Å². The first-order chi connectivity index (χ1) is 11.0. The Morgan fingerprint density at radius 1 is 0.870 bits per heavy atom. The van der Waals surface area contributed by atoms with Gasteiger partial charge in [-0.25, -0.2) is 0 Å². The first-order valence-electron chi connectivity index (χ1n) is 7.62. The van der Waals surface area contributed by atoms with Gasteiger partial charge in [0.05, 0.1) is 6.04 Å². The van der Waals surface area contributed by atoms with Crippen LogP contribution in [0.4, 0.5) is 0 Å². The highest BCUT2D eigenvalue weighted by Gasteiger charge is 2.26. The Hall–Kier alpha value is -2.62. The van der Waals surface area contributed by atoms with Crippen LogP contribution in [-0.4, -0.2) is 35.7 Å². The van der Waals surface area contributed by atoms with Gasteiger partial charge in [0.15, 0.2) is 0 Å². The van der Waals surface area contributed by atoms with Crippen LogP contribution in [0.5, 0.6) is 0 Å². The van der Waals surface area contributed by atoms with E-state index in [1.54, 1.807) is 14.1 Å². The number of amides is 2. The number of benzene rings is 2. The highest BCUT2D eigenvalue weighted by Crippen LogP contribution is 2.18. The summed E-state index contributed by atoms with van der Waals surface area (Å²) in [4.78, 5) is 27.7. The predicted octanol–water partition coefficient (Wildman–Crippen LogP) is 2.86. The van der Waals surface area contributed by atoms with Crippen LogP contribution in [-0.2, 0) is 16.1 Å². The number of hydrogen-bond donors (Lipinski definition) is 0. The zero-order valence-corrected chi connectivity index (χ0v) is 13.8. The third-order valence-corrected chi connectivity index (χ3v) is 3.98. The van der Waals surface area contributed by atoms with Crippen LogP contribution >= 0.6 is 0 Å². The molecule has 0 saturated heterocycles. The number of nitrogens with zero attached hydrogens (tertiary/aromatic N) is 2. The third-order valence-electron chi connectivity index (χ3n) is 3.98. The first-order valence-corrected chi connectivity index (χ1v) is 7.62. The number of likely N-dealkylation sites (N-methyl/N-ethyl adjacent to an activating group) is 2. The lowest BCUT2D eigenvalue weighted by Crippen LogP contribution is -2.42. The van der Waals surface area contributed by atoms with Gasteiger partial charge in [0.25, 0.3) is 0 Å². The maximum atomic E-state index is 12.4. The Morgan fingerprint density at radius 3 is 1.96 bits per heavy atom. The van der Waals surface area contributed by atoms with E-state index >= 15 is 0 Å². The molecule has 2 aromatic carbocycles. The summed E-state index contributed by atoms with van der Waals surface area (Å²) in [6, 6.07) is 19.1. The molecule has 23 heavy (non-hydrogen) atoms. The molecule has 120 valence electrons. The van der Waals surface area contributed by atoms with Crippen molar-refractivity contribution in [3.05, 3.63) is 71.8 Å². The zero-order chi connectivity index (χ0) is 16.8. The summed E-state index contributed by atoms with van der Waals surface area (Å²) in [5, 5.41) is 0. The van der Waals surface area contributed by atoms with Crippen molar-refractivity contribution in [3.8, 4) is 0 Å². The van der Waals surface area contributed by atoms with Crippen molar-refractivity contribution in [1.82, 2.24) is 9.80 Å². The molecule has 0 fully saturated rings. The third kappa shape index (κ3) is 4.19. The van der Waals surface area contributed by atoms with Crippen molar-refractivity contribution in [1.29, 1.82) is 0 Å². The van der Waals surface area contributed by atoms with Gasteiger partial charge in [0, 0.05) is 20.6 Å². The van der Waals surface area contributed by atoms with Crippen molar-refractivity contribution in [3.63, 3.8) is 0 Å². The Kier molecular flexibility index (Phi) is 5.52. The minimum Gasteiger partial charge on any atom is -0.333 e. The predicted molar refractivity (Wildman–Crippen MR) is 90.5 cm³/mol. The monoisotopic (exact) mass is 310 g/mol. The molecule has 4 nitrogen and oxygen atoms in total. The number of hydrogen-bond acceptors (Lipinski definition) is 2. The van der Waals surface area contributed by atoms with E-state index in [4.69, 9.17) is 0 Å². The van der Waals surface area contributed by atoms with E-state index in [1.165, 1.54) is 9.80 Å². The Labute approximate surface area is 137 Å². The summed E-state index contributed by atoms with van der Waals surface area (Å²) in [5.74, 6) is -1.00. The van der Waals surface area contributed by atoms with Gasteiger partial charge in [0.1, 0.15) is 0 Å². The van der Waals surface area contributed by atoms with E-state index < -0.39 is 11.8 Å². The molecule has 0 radical (unpaired) electrons. The van der Waals surface area contributed by atoms with E-state index in [0.717, 1.165) is 11.1 Å². The van der Waals surface area contributed by atoms with Crippen molar-refractivity contribution < 1.29 is 9.59 Å². The summed E-state index contributed by atoms with van der Waals surface area (Å²) in [5.41, 5.74) is 2.00. The van der Waals surface area contributed by atoms with Crippen molar-refractivity contribution in [2.75, 3.05) is 14.1 Å². The highest BCUT2D eigenvalue weighted by molar-refractivity contribution is 6.34. The maximum absolute atomic E-state index is 12.4. The molecule has 0 spiro atoms. The zero-order valence-electron chi connectivity index (χ0n) is 13.8. The lowest BCUT2D eigenvalue weighted by atomic mass is 10.1. The van der Waals surface area contributed by atoms with Crippen LogP contribution in [0.1, 0.15) is 24.1 Å². The molecule has 0 N–H and O–H groups in total. The van der Waals surface area contributed by atoms with Gasteiger partial charge in [0.2, 0.25) is 0 Å². The van der Waals surface area contributed by atoms with Gasteiger partial charge in [-0.1, -0.05) is 60.7 Å². The van der Waals surface area contributed by atoms with Gasteiger partial charge in [-0.15, -0.1) is 0 Å². The van der Waals surface area contributed by atoms with Crippen molar-refractivity contribution in [2.45, 2.75) is 19.5 Å². The highest BCUT2D eigenvalue weighted by atomic mass is 16.2. The summed E-state index contributed by atoms with van der Waals surface area (Å²) >= 11 is 0. The van der Waals surface area contributed by atoms with Gasteiger partial charge >= 0.3 is 11.8 Å². The molecule has 0 heterocycles. The molecule has 2 aromatic rings. The molecule has 2 amide bonds. The van der Waals surface area contributed by atoms with Crippen LogP contribution in [0.2, 0.25) is 0 Å². The second kappa shape index (κ2) is 7.58. The molecule has 4 heteroatoms. The van der Waals surface area contributed by atoms with Crippen LogP contribution < -0.4 is 0 Å². The number of carbonyl (C=O) groups excluding carboxylic acids is 2. The van der Waals surface area contributed by atoms with E-state index in [-0.39, 0.29) is 6.04 Å². The van der Waals surface area contributed by atoms with Gasteiger partial charge < -0.3 is 9.80 Å². The number of carbonyl (C=O) groups is 2. The quantitative estimate of drug-likeness (QED) is 0.815. The van der Waals surface area contributed by atoms with E-state index in [9.17, 15) is 9.59 Å². The molecule has 0 bridgehead atoms. The fraction of sp³-hybridized carbons (Fsp3) is 0.263. The van der Waals surface area contributed by atoms with Crippen LogP contribution in [0.3, 0.4) is 0 Å². The molecular weight excluding hydrogens is 288 g/mol. The fourth-order valence-electron chi connectivity index (χ4n) is 2.37. The van der Waals surface area contributed by atoms with E-state index in [2.05, 4.69) is 0 Å². The minimum absolute atomic E-state index is 0.155. The van der Waals surface area contributed by atoms with Crippen LogP contribution in [0.15, 0.2) is 60.7 Å². The molecule has 0 aromatic heterocycles. The smallest absolute Gasteiger partial charge is 0.312 e. The molecule has 0 aliphatic heterocycles. The molecule has 0 aliphatic carbocycles. The Balaban J connectivity index is 2.02.